The molecule has 8 rings (SSSR count). The summed E-state index contributed by atoms with van der Waals surface area (Å²) in [5.74, 6) is 0.291. The molecule has 0 fully saturated rings. The van der Waals surface area contributed by atoms with Crippen LogP contribution in [0.2, 0.25) is 0 Å². The summed E-state index contributed by atoms with van der Waals surface area (Å²) in [4.78, 5) is 0. The topological polar surface area (TPSA) is 12.0 Å². The zero-order valence-electron chi connectivity index (χ0n) is 27.2. The molecule has 0 saturated carbocycles. The van der Waals surface area contributed by atoms with Crippen molar-refractivity contribution in [2.24, 2.45) is 5.41 Å². The van der Waals surface area contributed by atoms with Gasteiger partial charge in [-0.25, -0.2) is 0 Å². The third-order valence-corrected chi connectivity index (χ3v) is 10.9. The number of rotatable bonds is 6. The molecule has 2 spiro atoms. The number of anilines is 1. The largest absolute Gasteiger partial charge is 0.358 e. The van der Waals surface area contributed by atoms with E-state index in [1.165, 1.54) is 61.5 Å². The molecule has 0 aromatic heterocycles. The van der Waals surface area contributed by atoms with E-state index in [4.69, 9.17) is 0 Å². The summed E-state index contributed by atoms with van der Waals surface area (Å²) in [5, 5.41) is 3.87. The van der Waals surface area contributed by atoms with Crippen LogP contribution in [0.3, 0.4) is 0 Å². The minimum atomic E-state index is -0.477. The van der Waals surface area contributed by atoms with Gasteiger partial charge in [-0.1, -0.05) is 141 Å². The fourth-order valence-electron chi connectivity index (χ4n) is 9.13. The molecule has 6 aliphatic rings. The van der Waals surface area contributed by atoms with Crippen LogP contribution in [-0.2, 0) is 5.41 Å². The molecule has 3 atom stereocenters. The molecule has 3 unspecified atom stereocenters. The fraction of sp³-hybridized carbons (Fsp3) is 0.174. The predicted molar refractivity (Wildman–Crippen MR) is 200 cm³/mol. The molecule has 0 amide bonds. The summed E-state index contributed by atoms with van der Waals surface area (Å²) in [6, 6.07) is 17.9. The highest BCUT2D eigenvalue weighted by molar-refractivity contribution is 5.85. The molecular weight excluding hydrogens is 567 g/mol. The minimum Gasteiger partial charge on any atom is -0.358 e. The standard InChI is InChI=1S/C46H41N/c1-4-7-11-22-34-27-32-18-12-10-13-24-39(32)45(34)31-36(21-9-6-3)46(35(20-8-5-2)28-33-19-14-16-25-40(33)46)42-30-44-38(29-41(42)45)37-23-15-17-26-43(37)47-44/h4-12,14-17,19-23,25-28,30-31,38,47H,2-3,13,18,24,29H2,1H3/b7-4-,20-8-,21-9-,22-11-. The van der Waals surface area contributed by atoms with Gasteiger partial charge in [-0.3, -0.25) is 0 Å². The van der Waals surface area contributed by atoms with Crippen molar-refractivity contribution < 1.29 is 0 Å². The maximum absolute atomic E-state index is 4.12. The summed E-state index contributed by atoms with van der Waals surface area (Å²) in [5.41, 5.74) is 15.6. The van der Waals surface area contributed by atoms with E-state index in [-0.39, 0.29) is 5.41 Å². The van der Waals surface area contributed by atoms with E-state index in [0.717, 1.165) is 25.7 Å². The van der Waals surface area contributed by atoms with Gasteiger partial charge >= 0.3 is 0 Å². The van der Waals surface area contributed by atoms with E-state index in [0.29, 0.717) is 5.92 Å². The Kier molecular flexibility index (Phi) is 7.22. The average Bonchev–Trinajstić information content (AvgIpc) is 3.64. The van der Waals surface area contributed by atoms with Crippen molar-refractivity contribution in [1.29, 1.82) is 0 Å². The Hall–Kier alpha value is -5.14. The maximum Gasteiger partial charge on any atom is 0.0705 e. The van der Waals surface area contributed by atoms with E-state index >= 15 is 0 Å². The molecule has 230 valence electrons. The number of hydrogen-bond acceptors (Lipinski definition) is 1. The van der Waals surface area contributed by atoms with Crippen LogP contribution >= 0.6 is 0 Å². The highest BCUT2D eigenvalue weighted by Gasteiger charge is 2.57. The van der Waals surface area contributed by atoms with Gasteiger partial charge in [0.05, 0.1) is 10.8 Å². The summed E-state index contributed by atoms with van der Waals surface area (Å²) >= 11 is 0. The fourth-order valence-corrected chi connectivity index (χ4v) is 9.13. The Bertz CT molecular complexity index is 2050. The van der Waals surface area contributed by atoms with E-state index < -0.39 is 5.41 Å². The molecule has 0 bridgehead atoms. The monoisotopic (exact) mass is 607 g/mol. The highest BCUT2D eigenvalue weighted by Crippen LogP contribution is 2.67. The van der Waals surface area contributed by atoms with Crippen molar-refractivity contribution in [2.75, 3.05) is 5.32 Å². The second kappa shape index (κ2) is 11.6. The number of hydrogen-bond donors (Lipinski definition) is 1. The number of nitrogens with one attached hydrogen (secondary N) is 1. The van der Waals surface area contributed by atoms with Crippen molar-refractivity contribution in [3.8, 4) is 0 Å². The highest BCUT2D eigenvalue weighted by atomic mass is 14.9. The molecule has 47 heavy (non-hydrogen) atoms. The van der Waals surface area contributed by atoms with Crippen LogP contribution < -0.4 is 5.32 Å². The van der Waals surface area contributed by atoms with Gasteiger partial charge in [0.2, 0.25) is 0 Å². The third-order valence-electron chi connectivity index (χ3n) is 10.9. The summed E-state index contributed by atoms with van der Waals surface area (Å²) < 4.78 is 0. The van der Waals surface area contributed by atoms with E-state index in [9.17, 15) is 0 Å². The van der Waals surface area contributed by atoms with Gasteiger partial charge < -0.3 is 5.32 Å². The van der Waals surface area contributed by atoms with E-state index in [1.807, 2.05) is 12.2 Å². The first-order valence-electron chi connectivity index (χ1n) is 17.0. The lowest BCUT2D eigenvalue weighted by Crippen LogP contribution is -2.42. The molecule has 0 radical (unpaired) electrons. The first-order valence-corrected chi connectivity index (χ1v) is 17.0. The van der Waals surface area contributed by atoms with Gasteiger partial charge in [0, 0.05) is 17.3 Å². The Morgan fingerprint density at radius 1 is 0.787 bits per heavy atom. The molecule has 2 aromatic carbocycles. The predicted octanol–water partition coefficient (Wildman–Crippen LogP) is 11.6. The first-order chi connectivity index (χ1) is 23.2. The molecule has 1 heterocycles. The van der Waals surface area contributed by atoms with Crippen LogP contribution in [0.15, 0.2) is 198 Å². The Balaban J connectivity index is 1.49. The number of fused-ring (bicyclic) bond motifs is 8. The third kappa shape index (κ3) is 4.22. The molecule has 1 nitrogen and oxygen atoms in total. The van der Waals surface area contributed by atoms with Gasteiger partial charge in [-0.05, 0) is 107 Å². The maximum atomic E-state index is 4.12. The van der Waals surface area contributed by atoms with Crippen LogP contribution in [0.4, 0.5) is 5.69 Å². The SMILES string of the molecule is C=C/C=C\C1=Cc2ccccc2C12C(/C=C\C=C)=CC1(C(/C=C\C=C/C)=CC3=C1CCC=CC3)C1=C2C=C2Nc3ccccc3C2C1. The normalized spacial score (nSPS) is 27.1. The van der Waals surface area contributed by atoms with Crippen molar-refractivity contribution in [3.63, 3.8) is 0 Å². The van der Waals surface area contributed by atoms with Crippen molar-refractivity contribution in [2.45, 2.75) is 43.9 Å². The Morgan fingerprint density at radius 2 is 1.57 bits per heavy atom. The lowest BCUT2D eigenvalue weighted by Gasteiger charge is -2.50. The number of benzene rings is 2. The van der Waals surface area contributed by atoms with Gasteiger partial charge in [0.25, 0.3) is 0 Å². The van der Waals surface area contributed by atoms with Crippen molar-refractivity contribution >= 4 is 11.8 Å². The van der Waals surface area contributed by atoms with Crippen LogP contribution in [0.1, 0.15) is 55.2 Å². The smallest absolute Gasteiger partial charge is 0.0705 e. The van der Waals surface area contributed by atoms with Crippen LogP contribution in [-0.4, -0.2) is 0 Å². The van der Waals surface area contributed by atoms with E-state index in [2.05, 4.69) is 159 Å². The summed E-state index contributed by atoms with van der Waals surface area (Å²) in [6.07, 6.45) is 40.4. The van der Waals surface area contributed by atoms with Crippen LogP contribution in [0.25, 0.3) is 6.08 Å². The quantitative estimate of drug-likeness (QED) is 0.254. The Labute approximate surface area is 279 Å². The molecule has 1 N–H and O–H groups in total. The molecule has 1 aliphatic heterocycles. The van der Waals surface area contributed by atoms with Crippen LogP contribution in [0, 0.1) is 5.41 Å². The second-order valence-electron chi connectivity index (χ2n) is 13.2. The zero-order chi connectivity index (χ0) is 32.0. The summed E-state index contributed by atoms with van der Waals surface area (Å²) in [6.45, 7) is 10.3. The van der Waals surface area contributed by atoms with Crippen molar-refractivity contribution in [1.82, 2.24) is 0 Å². The average molecular weight is 608 g/mol. The second-order valence-corrected chi connectivity index (χ2v) is 13.2. The molecule has 0 saturated heterocycles. The van der Waals surface area contributed by atoms with Gasteiger partial charge in [0.1, 0.15) is 0 Å². The molecule has 2 aromatic rings. The van der Waals surface area contributed by atoms with Crippen molar-refractivity contribution in [3.05, 3.63) is 214 Å². The Morgan fingerprint density at radius 3 is 2.43 bits per heavy atom. The molecule has 5 aliphatic carbocycles. The molecule has 1 heteroatoms. The van der Waals surface area contributed by atoms with Gasteiger partial charge in [-0.2, -0.15) is 0 Å². The zero-order valence-corrected chi connectivity index (χ0v) is 27.2. The lowest BCUT2D eigenvalue weighted by atomic mass is 9.51. The van der Waals surface area contributed by atoms with Gasteiger partial charge in [0.15, 0.2) is 0 Å². The number of para-hydroxylation sites is 1. The first kappa shape index (κ1) is 29.3. The minimum absolute atomic E-state index is 0.291. The van der Waals surface area contributed by atoms with E-state index in [1.54, 1.807) is 5.57 Å². The summed E-state index contributed by atoms with van der Waals surface area (Å²) in [7, 11) is 0. The van der Waals surface area contributed by atoms with Crippen LogP contribution in [0.5, 0.6) is 0 Å². The van der Waals surface area contributed by atoms with Gasteiger partial charge in [-0.15, -0.1) is 0 Å². The number of allylic oxidation sites excluding steroid dienone is 23. The lowest BCUT2D eigenvalue weighted by molar-refractivity contribution is 0.530. The molecular formula is C46H41N.